The molecule has 3 heteroatoms. The number of rotatable bonds is 7. The molecule has 0 unspecified atom stereocenters. The van der Waals surface area contributed by atoms with E-state index in [1.807, 2.05) is 42.5 Å². The third-order valence-electron chi connectivity index (χ3n) is 3.72. The van der Waals surface area contributed by atoms with E-state index in [4.69, 9.17) is 4.74 Å². The number of carbonyl (C=O) groups is 1. The summed E-state index contributed by atoms with van der Waals surface area (Å²) in [6, 6.07) is 15.3. The lowest BCUT2D eigenvalue weighted by Crippen LogP contribution is -2.15. The molecule has 0 saturated heterocycles. The summed E-state index contributed by atoms with van der Waals surface area (Å²) in [5, 5.41) is 3.02. The highest BCUT2D eigenvalue weighted by Crippen LogP contribution is 2.26. The number of unbranched alkanes of at least 4 members (excludes halogenated alkanes) is 1. The van der Waals surface area contributed by atoms with Gasteiger partial charge < -0.3 is 10.1 Å². The van der Waals surface area contributed by atoms with Gasteiger partial charge in [-0.05, 0) is 36.1 Å². The Hall–Kier alpha value is -2.29. The first-order valence-corrected chi connectivity index (χ1v) is 8.25. The van der Waals surface area contributed by atoms with Gasteiger partial charge in [0.25, 0.3) is 5.91 Å². The average molecular weight is 311 g/mol. The van der Waals surface area contributed by atoms with Crippen LogP contribution in [0.4, 0.5) is 5.69 Å². The molecule has 0 fully saturated rings. The van der Waals surface area contributed by atoms with Crippen molar-refractivity contribution in [2.75, 3.05) is 11.9 Å². The molecule has 0 spiro atoms. The zero-order chi connectivity index (χ0) is 16.7. The second-order valence-electron chi connectivity index (χ2n) is 5.89. The third-order valence-corrected chi connectivity index (χ3v) is 3.72. The van der Waals surface area contributed by atoms with Gasteiger partial charge >= 0.3 is 0 Å². The molecule has 122 valence electrons. The first-order valence-electron chi connectivity index (χ1n) is 8.25. The normalized spacial score (nSPS) is 10.6. The van der Waals surface area contributed by atoms with Crippen LogP contribution < -0.4 is 10.1 Å². The highest BCUT2D eigenvalue weighted by atomic mass is 16.5. The van der Waals surface area contributed by atoms with Gasteiger partial charge in [0.2, 0.25) is 0 Å². The lowest BCUT2D eigenvalue weighted by Gasteiger charge is -2.15. The van der Waals surface area contributed by atoms with E-state index in [0.717, 1.165) is 24.1 Å². The molecule has 1 amide bonds. The number of amides is 1. The Morgan fingerprint density at radius 1 is 1.09 bits per heavy atom. The first kappa shape index (κ1) is 17.1. The van der Waals surface area contributed by atoms with Crippen molar-refractivity contribution < 1.29 is 9.53 Å². The summed E-state index contributed by atoms with van der Waals surface area (Å²) in [6.07, 6.45) is 2.04. The second kappa shape index (κ2) is 8.37. The van der Waals surface area contributed by atoms with Gasteiger partial charge in [-0.1, -0.05) is 57.5 Å². The zero-order valence-corrected chi connectivity index (χ0v) is 14.1. The minimum absolute atomic E-state index is 0.134. The highest BCUT2D eigenvalue weighted by molar-refractivity contribution is 6.06. The maximum absolute atomic E-state index is 12.7. The SMILES string of the molecule is CCCCOc1ccccc1C(=O)Nc1ccccc1C(C)C. The van der Waals surface area contributed by atoms with Gasteiger partial charge in [0.05, 0.1) is 12.2 Å². The largest absolute Gasteiger partial charge is 0.493 e. The summed E-state index contributed by atoms with van der Waals surface area (Å²) in [5.41, 5.74) is 2.56. The van der Waals surface area contributed by atoms with Crippen LogP contribution >= 0.6 is 0 Å². The smallest absolute Gasteiger partial charge is 0.259 e. The predicted octanol–water partition coefficient (Wildman–Crippen LogP) is 5.24. The minimum atomic E-state index is -0.134. The summed E-state index contributed by atoms with van der Waals surface area (Å²) in [6.45, 7) is 6.98. The van der Waals surface area contributed by atoms with Crippen molar-refractivity contribution in [3.8, 4) is 5.75 Å². The van der Waals surface area contributed by atoms with Gasteiger partial charge in [-0.3, -0.25) is 4.79 Å². The van der Waals surface area contributed by atoms with Gasteiger partial charge in [-0.25, -0.2) is 0 Å². The van der Waals surface area contributed by atoms with Gasteiger partial charge in [-0.15, -0.1) is 0 Å². The molecule has 0 aliphatic heterocycles. The van der Waals surface area contributed by atoms with Crippen molar-refractivity contribution in [2.45, 2.75) is 39.5 Å². The lowest BCUT2D eigenvalue weighted by molar-refractivity contribution is 0.102. The van der Waals surface area contributed by atoms with Crippen LogP contribution in [0.1, 0.15) is 55.5 Å². The topological polar surface area (TPSA) is 38.3 Å². The monoisotopic (exact) mass is 311 g/mol. The van der Waals surface area contributed by atoms with Gasteiger partial charge in [0.1, 0.15) is 5.75 Å². The van der Waals surface area contributed by atoms with Gasteiger partial charge in [0.15, 0.2) is 0 Å². The van der Waals surface area contributed by atoms with Crippen molar-refractivity contribution >= 4 is 11.6 Å². The number of hydrogen-bond donors (Lipinski definition) is 1. The quantitative estimate of drug-likeness (QED) is 0.710. The molecular weight excluding hydrogens is 286 g/mol. The summed E-state index contributed by atoms with van der Waals surface area (Å²) in [7, 11) is 0. The fourth-order valence-corrected chi connectivity index (χ4v) is 2.41. The van der Waals surface area contributed by atoms with Crippen molar-refractivity contribution in [1.82, 2.24) is 0 Å². The molecule has 1 N–H and O–H groups in total. The van der Waals surface area contributed by atoms with E-state index in [0.29, 0.717) is 23.8 Å². The Labute approximate surface area is 138 Å². The van der Waals surface area contributed by atoms with Crippen LogP contribution in [0.5, 0.6) is 5.75 Å². The summed E-state index contributed by atoms with van der Waals surface area (Å²) in [5.74, 6) is 0.855. The molecule has 2 aromatic carbocycles. The van der Waals surface area contributed by atoms with Crippen LogP contribution in [-0.2, 0) is 0 Å². The van der Waals surface area contributed by atoms with Crippen LogP contribution in [0.15, 0.2) is 48.5 Å². The molecule has 0 radical (unpaired) electrons. The number of ether oxygens (including phenoxy) is 1. The van der Waals surface area contributed by atoms with E-state index in [9.17, 15) is 4.79 Å². The Bertz CT molecular complexity index is 650. The Morgan fingerprint density at radius 3 is 2.52 bits per heavy atom. The highest BCUT2D eigenvalue weighted by Gasteiger charge is 2.14. The number of nitrogens with one attached hydrogen (secondary N) is 1. The van der Waals surface area contributed by atoms with Crippen molar-refractivity contribution in [1.29, 1.82) is 0 Å². The number of carbonyl (C=O) groups excluding carboxylic acids is 1. The number of hydrogen-bond acceptors (Lipinski definition) is 2. The van der Waals surface area contributed by atoms with Gasteiger partial charge in [0, 0.05) is 5.69 Å². The molecule has 3 nitrogen and oxygen atoms in total. The lowest BCUT2D eigenvalue weighted by atomic mass is 10.0. The molecule has 0 aliphatic carbocycles. The molecule has 0 atom stereocenters. The summed E-state index contributed by atoms with van der Waals surface area (Å²) < 4.78 is 5.75. The molecule has 0 saturated carbocycles. The number of para-hydroxylation sites is 2. The van der Waals surface area contributed by atoms with Crippen LogP contribution in [0.25, 0.3) is 0 Å². The number of anilines is 1. The van der Waals surface area contributed by atoms with Crippen LogP contribution in [-0.4, -0.2) is 12.5 Å². The molecule has 23 heavy (non-hydrogen) atoms. The Kier molecular flexibility index (Phi) is 6.21. The standard InChI is InChI=1S/C20H25NO2/c1-4-5-14-23-19-13-9-7-11-17(19)20(22)21-18-12-8-6-10-16(18)15(2)3/h6-13,15H,4-5,14H2,1-3H3,(H,21,22). The van der Waals surface area contributed by atoms with Crippen LogP contribution in [0, 0.1) is 0 Å². The van der Waals surface area contributed by atoms with E-state index in [1.165, 1.54) is 0 Å². The summed E-state index contributed by atoms with van der Waals surface area (Å²) >= 11 is 0. The van der Waals surface area contributed by atoms with Gasteiger partial charge in [-0.2, -0.15) is 0 Å². The molecule has 0 bridgehead atoms. The van der Waals surface area contributed by atoms with E-state index < -0.39 is 0 Å². The van der Waals surface area contributed by atoms with Crippen molar-refractivity contribution in [2.24, 2.45) is 0 Å². The molecule has 2 rings (SSSR count). The molecular formula is C20H25NO2. The number of benzene rings is 2. The Balaban J connectivity index is 2.18. The van der Waals surface area contributed by atoms with E-state index in [2.05, 4.69) is 26.1 Å². The molecule has 0 aliphatic rings. The minimum Gasteiger partial charge on any atom is -0.493 e. The Morgan fingerprint density at radius 2 is 1.78 bits per heavy atom. The average Bonchev–Trinajstić information content (AvgIpc) is 2.56. The first-order chi connectivity index (χ1) is 11.1. The molecule has 0 heterocycles. The third kappa shape index (κ3) is 4.59. The molecule has 2 aromatic rings. The van der Waals surface area contributed by atoms with Crippen molar-refractivity contribution in [3.63, 3.8) is 0 Å². The van der Waals surface area contributed by atoms with E-state index in [-0.39, 0.29) is 5.91 Å². The predicted molar refractivity (Wildman–Crippen MR) is 95.3 cm³/mol. The van der Waals surface area contributed by atoms with Crippen molar-refractivity contribution in [3.05, 3.63) is 59.7 Å². The zero-order valence-electron chi connectivity index (χ0n) is 14.1. The van der Waals surface area contributed by atoms with E-state index in [1.54, 1.807) is 6.07 Å². The van der Waals surface area contributed by atoms with Crippen LogP contribution in [0.2, 0.25) is 0 Å². The van der Waals surface area contributed by atoms with E-state index >= 15 is 0 Å². The second-order valence-corrected chi connectivity index (χ2v) is 5.89. The maximum atomic E-state index is 12.7. The molecule has 0 aromatic heterocycles. The van der Waals surface area contributed by atoms with Crippen LogP contribution in [0.3, 0.4) is 0 Å². The fraction of sp³-hybridized carbons (Fsp3) is 0.350. The summed E-state index contributed by atoms with van der Waals surface area (Å²) in [4.78, 5) is 12.7. The maximum Gasteiger partial charge on any atom is 0.259 e. The fourth-order valence-electron chi connectivity index (χ4n) is 2.41.